The van der Waals surface area contributed by atoms with E-state index in [0.29, 0.717) is 29.7 Å². The third-order valence-corrected chi connectivity index (χ3v) is 15.5. The van der Waals surface area contributed by atoms with Gasteiger partial charge in [-0.1, -0.05) is 67.5 Å². The summed E-state index contributed by atoms with van der Waals surface area (Å²) in [5, 5.41) is 0. The molecule has 4 rings (SSSR count). The predicted octanol–water partition coefficient (Wildman–Crippen LogP) is 5.58. The van der Waals surface area contributed by atoms with E-state index in [2.05, 4.69) is 62.0 Å². The smallest absolute Gasteiger partial charge is 0.307 e. The lowest BCUT2D eigenvalue weighted by atomic mass is 9.64. The predicted molar refractivity (Wildman–Crippen MR) is 112 cm³/mol. The zero-order valence-electron chi connectivity index (χ0n) is 19.0. The third kappa shape index (κ3) is 1.80. The summed E-state index contributed by atoms with van der Waals surface area (Å²) in [5.41, 5.74) is 1.16. The SMILES string of the molecule is C=C1CC[C@@]23OC(=O)C[C@@]12[C@@]1(O[Si](C(C)C)(C(C)C)C(C)C)OC[C@]3(C)[C@@H]1C. The van der Waals surface area contributed by atoms with E-state index < -0.39 is 25.1 Å². The standard InChI is InChI=1S/C23H38O4Si/c1-14(2)28(15(3)4,16(5)6)27-23-18(8)20(9,13-25-23)22-11-10-17(7)21(22,23)12-19(24)26-22/h14-16,18H,7,10-13H2,1-6,8-9H3/t18-,20+,21+,22-,23+/m0/s1. The van der Waals surface area contributed by atoms with Gasteiger partial charge in [0.05, 0.1) is 18.4 Å². The molecule has 2 aliphatic carbocycles. The molecule has 0 radical (unpaired) electrons. The van der Waals surface area contributed by atoms with Crippen LogP contribution in [-0.2, 0) is 18.7 Å². The first kappa shape index (κ1) is 20.6. The lowest BCUT2D eigenvalue weighted by Gasteiger charge is -2.55. The molecule has 158 valence electrons. The summed E-state index contributed by atoms with van der Waals surface area (Å²) in [6.07, 6.45) is 2.10. The second-order valence-electron chi connectivity index (χ2n) is 11.0. The molecule has 5 atom stereocenters. The summed E-state index contributed by atoms with van der Waals surface area (Å²) in [6, 6.07) is 0. The molecule has 28 heavy (non-hydrogen) atoms. The van der Waals surface area contributed by atoms with Gasteiger partial charge < -0.3 is 13.9 Å². The van der Waals surface area contributed by atoms with E-state index in [1.165, 1.54) is 0 Å². The van der Waals surface area contributed by atoms with E-state index in [1.807, 2.05) is 0 Å². The first-order valence-corrected chi connectivity index (χ1v) is 13.3. The van der Waals surface area contributed by atoms with Crippen molar-refractivity contribution in [3.05, 3.63) is 12.2 Å². The van der Waals surface area contributed by atoms with Gasteiger partial charge in [-0.15, -0.1) is 0 Å². The molecule has 2 aliphatic heterocycles. The molecule has 0 spiro atoms. The van der Waals surface area contributed by atoms with Crippen LogP contribution in [-0.4, -0.2) is 32.3 Å². The van der Waals surface area contributed by atoms with Crippen molar-refractivity contribution in [2.24, 2.45) is 16.7 Å². The fraction of sp³-hybridized carbons (Fsp3) is 0.870. The number of rotatable bonds is 5. The molecule has 4 aliphatic rings. The monoisotopic (exact) mass is 406 g/mol. The summed E-state index contributed by atoms with van der Waals surface area (Å²) in [4.78, 5) is 12.7. The highest BCUT2D eigenvalue weighted by molar-refractivity contribution is 6.77. The van der Waals surface area contributed by atoms with Crippen LogP contribution in [0, 0.1) is 16.7 Å². The van der Waals surface area contributed by atoms with Crippen molar-refractivity contribution in [1.82, 2.24) is 0 Å². The molecule has 2 saturated heterocycles. The van der Waals surface area contributed by atoms with Crippen LogP contribution in [0.1, 0.15) is 74.7 Å². The Labute approximate surface area is 171 Å². The second kappa shape index (κ2) is 5.73. The Morgan fingerprint density at radius 1 is 1.14 bits per heavy atom. The van der Waals surface area contributed by atoms with Crippen molar-refractivity contribution in [3.8, 4) is 0 Å². The van der Waals surface area contributed by atoms with Crippen LogP contribution >= 0.6 is 0 Å². The third-order valence-electron chi connectivity index (χ3n) is 9.43. The Balaban J connectivity index is 1.95. The van der Waals surface area contributed by atoms with Crippen LogP contribution in [0.4, 0.5) is 0 Å². The van der Waals surface area contributed by atoms with Gasteiger partial charge in [0.2, 0.25) is 8.32 Å². The Bertz CT molecular complexity index is 708. The summed E-state index contributed by atoms with van der Waals surface area (Å²) in [5.74, 6) is -0.747. The maximum atomic E-state index is 12.7. The molecule has 0 amide bonds. The highest BCUT2D eigenvalue weighted by Crippen LogP contribution is 2.82. The van der Waals surface area contributed by atoms with Crippen LogP contribution in [0.25, 0.3) is 0 Å². The van der Waals surface area contributed by atoms with Gasteiger partial charge in [-0.3, -0.25) is 4.79 Å². The Kier molecular flexibility index (Phi) is 4.22. The first-order valence-electron chi connectivity index (χ1n) is 11.1. The number of esters is 1. The van der Waals surface area contributed by atoms with Crippen molar-refractivity contribution >= 4 is 14.3 Å². The number of carbonyl (C=O) groups is 1. The summed E-state index contributed by atoms with van der Waals surface area (Å²) < 4.78 is 20.4. The van der Waals surface area contributed by atoms with Gasteiger partial charge >= 0.3 is 5.97 Å². The molecule has 0 aromatic rings. The molecule has 5 heteroatoms. The van der Waals surface area contributed by atoms with Crippen molar-refractivity contribution in [1.29, 1.82) is 0 Å². The topological polar surface area (TPSA) is 44.8 Å². The quantitative estimate of drug-likeness (QED) is 0.339. The molecule has 0 aromatic heterocycles. The molecular formula is C23H38O4Si. The van der Waals surface area contributed by atoms with Crippen molar-refractivity contribution in [2.75, 3.05) is 6.61 Å². The average molecular weight is 407 g/mol. The van der Waals surface area contributed by atoms with E-state index in [0.717, 1.165) is 18.4 Å². The molecule has 4 nitrogen and oxygen atoms in total. The van der Waals surface area contributed by atoms with Crippen LogP contribution in [0.2, 0.25) is 16.6 Å². The van der Waals surface area contributed by atoms with Crippen LogP contribution in [0.3, 0.4) is 0 Å². The molecule has 4 fully saturated rings. The Morgan fingerprint density at radius 3 is 2.25 bits per heavy atom. The minimum atomic E-state index is -2.25. The maximum absolute atomic E-state index is 12.7. The molecule has 0 unspecified atom stereocenters. The van der Waals surface area contributed by atoms with E-state index >= 15 is 0 Å². The van der Waals surface area contributed by atoms with Gasteiger partial charge in [-0.05, 0) is 29.5 Å². The molecule has 2 bridgehead atoms. The zero-order valence-corrected chi connectivity index (χ0v) is 20.0. The van der Waals surface area contributed by atoms with Gasteiger partial charge in [0.25, 0.3) is 0 Å². The normalized spacial score (nSPS) is 44.8. The van der Waals surface area contributed by atoms with Gasteiger partial charge in [0.1, 0.15) is 5.60 Å². The zero-order chi connectivity index (χ0) is 20.9. The van der Waals surface area contributed by atoms with Gasteiger partial charge in [-0.2, -0.15) is 0 Å². The first-order chi connectivity index (χ1) is 12.9. The molecule has 2 saturated carbocycles. The fourth-order valence-corrected chi connectivity index (χ4v) is 13.8. The van der Waals surface area contributed by atoms with Gasteiger partial charge in [-0.25, -0.2) is 0 Å². The number of hydrogen-bond donors (Lipinski definition) is 0. The van der Waals surface area contributed by atoms with Gasteiger partial charge in [0.15, 0.2) is 5.79 Å². The minimum absolute atomic E-state index is 0.108. The van der Waals surface area contributed by atoms with Crippen LogP contribution < -0.4 is 0 Å². The molecule has 0 N–H and O–H groups in total. The summed E-state index contributed by atoms with van der Waals surface area (Å²) in [6.45, 7) is 23.4. The van der Waals surface area contributed by atoms with E-state index in [1.54, 1.807) is 0 Å². The molecule has 2 heterocycles. The molecular weight excluding hydrogens is 368 g/mol. The maximum Gasteiger partial charge on any atom is 0.307 e. The highest BCUT2D eigenvalue weighted by atomic mass is 28.4. The summed E-state index contributed by atoms with van der Waals surface area (Å²) >= 11 is 0. The second-order valence-corrected chi connectivity index (χ2v) is 16.4. The Hall–Kier alpha value is -0.653. The number of fused-ring (bicyclic) bond motifs is 2. The average Bonchev–Trinajstić information content (AvgIpc) is 3.19. The molecule has 0 aromatic carbocycles. The van der Waals surface area contributed by atoms with Crippen molar-refractivity contribution in [3.63, 3.8) is 0 Å². The lowest BCUT2D eigenvalue weighted by molar-refractivity contribution is -0.270. The number of ether oxygens (including phenoxy) is 2. The highest BCUT2D eigenvalue weighted by Gasteiger charge is 2.91. The number of hydrogen-bond acceptors (Lipinski definition) is 4. The minimum Gasteiger partial charge on any atom is -0.457 e. The summed E-state index contributed by atoms with van der Waals surface area (Å²) in [7, 11) is -2.25. The van der Waals surface area contributed by atoms with E-state index in [4.69, 9.17) is 13.9 Å². The van der Waals surface area contributed by atoms with Crippen molar-refractivity contribution < 1.29 is 18.7 Å². The van der Waals surface area contributed by atoms with Crippen LogP contribution in [0.15, 0.2) is 12.2 Å². The van der Waals surface area contributed by atoms with Gasteiger partial charge in [0, 0.05) is 11.3 Å². The fourth-order valence-electron chi connectivity index (χ4n) is 8.14. The van der Waals surface area contributed by atoms with Crippen LogP contribution in [0.5, 0.6) is 0 Å². The number of carbonyl (C=O) groups excluding carboxylic acids is 1. The van der Waals surface area contributed by atoms with E-state index in [-0.39, 0.29) is 17.3 Å². The largest absolute Gasteiger partial charge is 0.457 e. The lowest BCUT2D eigenvalue weighted by Crippen LogP contribution is -2.64. The van der Waals surface area contributed by atoms with E-state index in [9.17, 15) is 4.79 Å². The Morgan fingerprint density at radius 2 is 1.71 bits per heavy atom. The van der Waals surface area contributed by atoms with Crippen molar-refractivity contribution in [2.45, 2.75) is 103 Å².